The summed E-state index contributed by atoms with van der Waals surface area (Å²) < 4.78 is 13.5. The molecule has 0 fully saturated rings. The lowest BCUT2D eigenvalue weighted by atomic mass is 9.90. The van der Waals surface area contributed by atoms with Crippen molar-refractivity contribution in [3.8, 4) is 132 Å². The van der Waals surface area contributed by atoms with Gasteiger partial charge in [0.05, 0.1) is 4.88 Å². The monoisotopic (exact) mass is 1080 g/mol. The summed E-state index contributed by atoms with van der Waals surface area (Å²) in [6.07, 6.45) is 1.80. The quantitative estimate of drug-likeness (QED) is 0.122. The van der Waals surface area contributed by atoms with Gasteiger partial charge in [-0.2, -0.15) is 0 Å². The molecule has 0 N–H and O–H groups in total. The van der Waals surface area contributed by atoms with E-state index in [0.717, 1.165) is 77.7 Å². The van der Waals surface area contributed by atoms with Crippen molar-refractivity contribution in [2.45, 2.75) is 0 Å². The van der Waals surface area contributed by atoms with E-state index in [4.69, 9.17) is 13.8 Å². The molecule has 0 aliphatic carbocycles. The van der Waals surface area contributed by atoms with E-state index in [1.807, 2.05) is 41.7 Å². The number of benzene rings is 11. The van der Waals surface area contributed by atoms with E-state index in [9.17, 15) is 0 Å². The van der Waals surface area contributed by atoms with Gasteiger partial charge in [-0.15, -0.1) is 22.7 Å². The summed E-state index contributed by atoms with van der Waals surface area (Å²) in [5.74, 6) is 2.27. The Morgan fingerprint density at radius 1 is 0.268 bits per heavy atom. The zero-order chi connectivity index (χ0) is 54.3. The number of furan rings is 1. The van der Waals surface area contributed by atoms with Crippen LogP contribution in [0.1, 0.15) is 0 Å². The van der Waals surface area contributed by atoms with Gasteiger partial charge < -0.3 is 8.83 Å². The summed E-state index contributed by atoms with van der Waals surface area (Å²) in [5, 5.41) is 4.78. The van der Waals surface area contributed by atoms with Gasteiger partial charge in [0.2, 0.25) is 5.89 Å². The van der Waals surface area contributed by atoms with Crippen molar-refractivity contribution in [2.75, 3.05) is 0 Å². The van der Waals surface area contributed by atoms with Crippen molar-refractivity contribution in [1.29, 1.82) is 0 Å². The number of hydrogen-bond donors (Lipinski definition) is 0. The van der Waals surface area contributed by atoms with E-state index in [2.05, 4.69) is 261 Å². The summed E-state index contributed by atoms with van der Waals surface area (Å²) in [6.45, 7) is 0. The Hall–Kier alpha value is -10.2. The van der Waals surface area contributed by atoms with Gasteiger partial charge in [-0.3, -0.25) is 0 Å². The number of thiophene rings is 2. The maximum absolute atomic E-state index is 7.20. The van der Waals surface area contributed by atoms with Gasteiger partial charge in [-0.25, -0.2) is 4.98 Å². The van der Waals surface area contributed by atoms with Crippen LogP contribution in [0.25, 0.3) is 153 Å². The fourth-order valence-electron chi connectivity index (χ4n) is 11.6. The third-order valence-electron chi connectivity index (χ3n) is 15.5. The fraction of sp³-hybridized carbons (Fsp3) is 0. The molecule has 0 amide bonds. The average Bonchev–Trinajstić information content (AvgIpc) is 4.43. The molecule has 0 bridgehead atoms. The van der Waals surface area contributed by atoms with Crippen molar-refractivity contribution in [1.82, 2.24) is 4.98 Å². The van der Waals surface area contributed by atoms with Gasteiger partial charge in [0.1, 0.15) is 17.7 Å². The van der Waals surface area contributed by atoms with Crippen LogP contribution in [0.4, 0.5) is 0 Å². The zero-order valence-electron chi connectivity index (χ0n) is 44.4. The molecule has 3 nitrogen and oxygen atoms in total. The highest BCUT2D eigenvalue weighted by Crippen LogP contribution is 2.53. The smallest absolute Gasteiger partial charge is 0.226 e. The Bertz CT molecular complexity index is 4780. The third kappa shape index (κ3) is 8.90. The number of oxazole rings is 1. The lowest BCUT2D eigenvalue weighted by Crippen LogP contribution is -1.90. The molecule has 4 heterocycles. The molecule has 15 rings (SSSR count). The second-order valence-electron chi connectivity index (χ2n) is 20.4. The predicted octanol–water partition coefficient (Wildman–Crippen LogP) is 22.7. The highest BCUT2D eigenvalue weighted by atomic mass is 32.1. The second-order valence-corrected chi connectivity index (χ2v) is 22.5. The summed E-state index contributed by atoms with van der Waals surface area (Å²) in [5.41, 5.74) is 18.6. The average molecular weight is 1080 g/mol. The molecule has 15 aromatic rings. The van der Waals surface area contributed by atoms with Crippen LogP contribution < -0.4 is 0 Å². The minimum Gasteiger partial charge on any atom is -0.455 e. The van der Waals surface area contributed by atoms with E-state index in [0.29, 0.717) is 5.89 Å². The van der Waals surface area contributed by atoms with Gasteiger partial charge in [0.15, 0.2) is 5.76 Å². The lowest BCUT2D eigenvalue weighted by molar-refractivity contribution is 0.575. The van der Waals surface area contributed by atoms with Gasteiger partial charge in [0, 0.05) is 75.1 Å². The largest absolute Gasteiger partial charge is 0.455 e. The van der Waals surface area contributed by atoms with Gasteiger partial charge in [-0.05, 0) is 74.3 Å². The Morgan fingerprint density at radius 3 is 1.26 bits per heavy atom. The molecule has 82 heavy (non-hydrogen) atoms. The standard InChI is InChI=1S/C77H49NO2S2/c1-5-23-51(24-6-1)58-33-13-15-35-61(58)73-63-37-17-19-39-65(63)75(81-73)71-60(41-22-42-67(71)69-49-79-77(78-69)55-29-11-4-12-30-55)54-45-43-50(44-46-54)56-31-21-32-57(47-56)70-48-68(53-27-9-3-10-28-53)72(80-70)76-66-40-20-18-38-64(66)74(82-76)62-36-16-14-34-59(62)52-25-7-2-8-26-52/h1-49H. The Balaban J connectivity index is 0.834. The van der Waals surface area contributed by atoms with E-state index in [-0.39, 0.29) is 0 Å². The summed E-state index contributed by atoms with van der Waals surface area (Å²) in [6, 6.07) is 104. The molecule has 0 saturated heterocycles. The number of nitrogens with zero attached hydrogens (tertiary/aromatic N) is 1. The Kier molecular flexibility index (Phi) is 12.6. The first-order chi connectivity index (χ1) is 40.7. The van der Waals surface area contributed by atoms with Gasteiger partial charge in [0.25, 0.3) is 0 Å². The van der Waals surface area contributed by atoms with Crippen LogP contribution in [0, 0.1) is 0 Å². The number of aromatic nitrogens is 1. The molecule has 0 atom stereocenters. The van der Waals surface area contributed by atoms with Crippen LogP contribution >= 0.6 is 22.7 Å². The topological polar surface area (TPSA) is 39.2 Å². The minimum atomic E-state index is 0.587. The predicted molar refractivity (Wildman–Crippen MR) is 345 cm³/mol. The third-order valence-corrected chi connectivity index (χ3v) is 18.1. The minimum absolute atomic E-state index is 0.587. The highest BCUT2D eigenvalue weighted by Gasteiger charge is 2.26. The number of rotatable bonds is 12. The normalized spacial score (nSPS) is 11.4. The number of hydrogen-bond acceptors (Lipinski definition) is 5. The molecule has 0 aliphatic heterocycles. The van der Waals surface area contributed by atoms with Gasteiger partial charge in [-0.1, -0.05) is 267 Å². The zero-order valence-corrected chi connectivity index (χ0v) is 46.0. The van der Waals surface area contributed by atoms with Crippen molar-refractivity contribution >= 4 is 44.2 Å². The Labute approximate surface area is 484 Å². The SMILES string of the molecule is c1ccc(-c2nc(-c3cccc(-c4ccc(-c5cccc(-c6cc(-c7ccccc7)c(-c7sc(-c8ccccc8-c8ccccc8)c8ccccc78)o6)c5)cc4)c3-c3sc(-c4ccccc4-c4ccccc4)c4ccccc34)co2)cc1. The van der Waals surface area contributed by atoms with Crippen molar-refractivity contribution in [3.63, 3.8) is 0 Å². The second kappa shape index (κ2) is 21.1. The van der Waals surface area contributed by atoms with E-state index >= 15 is 0 Å². The molecule has 0 saturated carbocycles. The highest BCUT2D eigenvalue weighted by molar-refractivity contribution is 7.21. The fourth-order valence-corrected chi connectivity index (χ4v) is 14.3. The van der Waals surface area contributed by atoms with Gasteiger partial charge >= 0.3 is 0 Å². The van der Waals surface area contributed by atoms with Crippen molar-refractivity contribution in [3.05, 3.63) is 297 Å². The van der Waals surface area contributed by atoms with Crippen LogP contribution in [-0.4, -0.2) is 4.98 Å². The molecule has 0 unspecified atom stereocenters. The molecule has 0 aliphatic rings. The summed E-state index contributed by atoms with van der Waals surface area (Å²) in [7, 11) is 0. The molecule has 0 spiro atoms. The maximum atomic E-state index is 7.20. The van der Waals surface area contributed by atoms with E-state index in [1.165, 1.54) is 69.6 Å². The number of fused-ring (bicyclic) bond motifs is 2. The molecule has 386 valence electrons. The van der Waals surface area contributed by atoms with Crippen molar-refractivity contribution in [2.24, 2.45) is 0 Å². The maximum Gasteiger partial charge on any atom is 0.226 e. The molecular formula is C77H49NO2S2. The lowest BCUT2D eigenvalue weighted by Gasteiger charge is -2.15. The van der Waals surface area contributed by atoms with Crippen LogP contribution in [0.5, 0.6) is 0 Å². The summed E-state index contributed by atoms with van der Waals surface area (Å²) in [4.78, 5) is 9.90. The van der Waals surface area contributed by atoms with E-state index in [1.54, 1.807) is 17.6 Å². The van der Waals surface area contributed by atoms with Crippen LogP contribution in [-0.2, 0) is 0 Å². The summed E-state index contributed by atoms with van der Waals surface area (Å²) >= 11 is 3.64. The molecule has 5 heteroatoms. The Morgan fingerprint density at radius 2 is 0.671 bits per heavy atom. The van der Waals surface area contributed by atoms with E-state index < -0.39 is 0 Å². The molecular weight excluding hydrogens is 1030 g/mol. The van der Waals surface area contributed by atoms with Crippen LogP contribution in [0.2, 0.25) is 0 Å². The first-order valence-corrected chi connectivity index (χ1v) is 29.2. The van der Waals surface area contributed by atoms with Crippen LogP contribution in [0.15, 0.2) is 306 Å². The first kappa shape index (κ1) is 48.9. The first-order valence-electron chi connectivity index (χ1n) is 27.6. The van der Waals surface area contributed by atoms with Crippen LogP contribution in [0.3, 0.4) is 0 Å². The van der Waals surface area contributed by atoms with Crippen molar-refractivity contribution < 1.29 is 8.83 Å². The molecule has 11 aromatic carbocycles. The molecule has 4 aromatic heterocycles. The molecule has 0 radical (unpaired) electrons.